The summed E-state index contributed by atoms with van der Waals surface area (Å²) < 4.78 is 26.9. The molecule has 0 aliphatic carbocycles. The van der Waals surface area contributed by atoms with Gasteiger partial charge in [-0.15, -0.1) is 0 Å². The van der Waals surface area contributed by atoms with Gasteiger partial charge in [0.2, 0.25) is 10.0 Å². The summed E-state index contributed by atoms with van der Waals surface area (Å²) in [5.41, 5.74) is 0.517. The van der Waals surface area contributed by atoms with E-state index in [2.05, 4.69) is 14.7 Å². The number of hydrogen-bond donors (Lipinski definition) is 2. The van der Waals surface area contributed by atoms with Crippen LogP contribution in [0.1, 0.15) is 20.8 Å². The molecule has 21 heavy (non-hydrogen) atoms. The first-order chi connectivity index (χ1) is 9.67. The molecular weight excluding hydrogens is 290 g/mol. The SMILES string of the molecule is CC(C)(C)NS(=O)(=O)c1ccc(-c2cnc(=O)[nH]c2)cc1. The molecule has 2 aromatic rings. The van der Waals surface area contributed by atoms with Crippen LogP contribution >= 0.6 is 0 Å². The second-order valence-corrected chi connectivity index (χ2v) is 7.37. The summed E-state index contributed by atoms with van der Waals surface area (Å²) in [6.45, 7) is 5.35. The second kappa shape index (κ2) is 5.42. The van der Waals surface area contributed by atoms with Gasteiger partial charge in [-0.2, -0.15) is 0 Å². The second-order valence-electron chi connectivity index (χ2n) is 5.69. The molecule has 0 radical (unpaired) electrons. The highest BCUT2D eigenvalue weighted by Gasteiger charge is 2.21. The summed E-state index contributed by atoms with van der Waals surface area (Å²) in [7, 11) is -3.55. The smallest absolute Gasteiger partial charge is 0.312 e. The Balaban J connectivity index is 2.31. The van der Waals surface area contributed by atoms with Crippen molar-refractivity contribution in [3.8, 4) is 11.1 Å². The molecule has 0 spiro atoms. The lowest BCUT2D eigenvalue weighted by Crippen LogP contribution is -2.40. The molecule has 0 saturated heterocycles. The van der Waals surface area contributed by atoms with Crippen LogP contribution in [-0.2, 0) is 10.0 Å². The minimum Gasteiger partial charge on any atom is -0.312 e. The van der Waals surface area contributed by atoms with Gasteiger partial charge in [-0.25, -0.2) is 22.9 Å². The molecule has 112 valence electrons. The predicted octanol–water partition coefficient (Wildman–Crippen LogP) is 1.51. The third-order valence-electron chi connectivity index (χ3n) is 2.61. The molecule has 6 nitrogen and oxygen atoms in total. The first-order valence-electron chi connectivity index (χ1n) is 6.36. The van der Waals surface area contributed by atoms with Gasteiger partial charge in [-0.3, -0.25) is 0 Å². The molecule has 1 aromatic carbocycles. The van der Waals surface area contributed by atoms with Crippen molar-refractivity contribution in [1.82, 2.24) is 14.7 Å². The predicted molar refractivity (Wildman–Crippen MR) is 80.4 cm³/mol. The zero-order chi connectivity index (χ0) is 15.7. The van der Waals surface area contributed by atoms with Crippen molar-refractivity contribution < 1.29 is 8.42 Å². The summed E-state index contributed by atoms with van der Waals surface area (Å²) in [4.78, 5) is 17.2. The van der Waals surface area contributed by atoms with E-state index in [-0.39, 0.29) is 4.90 Å². The van der Waals surface area contributed by atoms with Crippen molar-refractivity contribution in [3.63, 3.8) is 0 Å². The Hall–Kier alpha value is -1.99. The number of aromatic nitrogens is 2. The lowest BCUT2D eigenvalue weighted by Gasteiger charge is -2.20. The lowest BCUT2D eigenvalue weighted by molar-refractivity contribution is 0.491. The maximum absolute atomic E-state index is 12.2. The number of H-pyrrole nitrogens is 1. The van der Waals surface area contributed by atoms with Crippen LogP contribution in [-0.4, -0.2) is 23.9 Å². The van der Waals surface area contributed by atoms with Gasteiger partial charge in [0.1, 0.15) is 0 Å². The highest BCUT2D eigenvalue weighted by Crippen LogP contribution is 2.20. The van der Waals surface area contributed by atoms with Crippen LogP contribution in [0.5, 0.6) is 0 Å². The zero-order valence-electron chi connectivity index (χ0n) is 12.0. The van der Waals surface area contributed by atoms with E-state index in [4.69, 9.17) is 0 Å². The third kappa shape index (κ3) is 3.99. The molecule has 1 heterocycles. The zero-order valence-corrected chi connectivity index (χ0v) is 12.9. The van der Waals surface area contributed by atoms with Gasteiger partial charge in [0.15, 0.2) is 0 Å². The summed E-state index contributed by atoms with van der Waals surface area (Å²) in [5.74, 6) is 0. The van der Waals surface area contributed by atoms with Crippen LogP contribution in [0.2, 0.25) is 0 Å². The first kappa shape index (κ1) is 15.4. The molecule has 0 saturated carbocycles. The molecule has 7 heteroatoms. The lowest BCUT2D eigenvalue weighted by atomic mass is 10.1. The van der Waals surface area contributed by atoms with Gasteiger partial charge in [0.05, 0.1) is 4.90 Å². The molecule has 2 N–H and O–H groups in total. The van der Waals surface area contributed by atoms with Gasteiger partial charge in [-0.05, 0) is 38.5 Å². The maximum atomic E-state index is 12.2. The summed E-state index contributed by atoms with van der Waals surface area (Å²) in [5, 5.41) is 0. The molecule has 0 aliphatic heterocycles. The molecular formula is C14H17N3O3S. The van der Waals surface area contributed by atoms with Crippen molar-refractivity contribution >= 4 is 10.0 Å². The molecule has 0 aliphatic rings. The van der Waals surface area contributed by atoms with Gasteiger partial charge >= 0.3 is 5.69 Å². The Morgan fingerprint density at radius 3 is 2.19 bits per heavy atom. The summed E-state index contributed by atoms with van der Waals surface area (Å²) in [6, 6.07) is 6.39. The minimum absolute atomic E-state index is 0.193. The average molecular weight is 307 g/mol. The number of hydrogen-bond acceptors (Lipinski definition) is 4. The van der Waals surface area contributed by atoms with Crippen LogP contribution in [0.3, 0.4) is 0 Å². The fourth-order valence-electron chi connectivity index (χ4n) is 1.79. The first-order valence-corrected chi connectivity index (χ1v) is 7.85. The summed E-state index contributed by atoms with van der Waals surface area (Å²) in [6.07, 6.45) is 2.97. The molecule has 2 rings (SSSR count). The van der Waals surface area contributed by atoms with Gasteiger partial charge in [-0.1, -0.05) is 12.1 Å². The Morgan fingerprint density at radius 2 is 1.71 bits per heavy atom. The fourth-order valence-corrected chi connectivity index (χ4v) is 3.21. The Labute approximate surface area is 123 Å². The maximum Gasteiger partial charge on any atom is 0.344 e. The number of sulfonamides is 1. The monoisotopic (exact) mass is 307 g/mol. The van der Waals surface area contributed by atoms with Crippen LogP contribution in [0, 0.1) is 0 Å². The van der Waals surface area contributed by atoms with E-state index in [1.807, 2.05) is 0 Å². The molecule has 0 atom stereocenters. The molecule has 0 fully saturated rings. The highest BCUT2D eigenvalue weighted by atomic mass is 32.2. The van der Waals surface area contributed by atoms with E-state index in [9.17, 15) is 13.2 Å². The Bertz CT molecular complexity index is 767. The van der Waals surface area contributed by atoms with Gasteiger partial charge < -0.3 is 4.98 Å². The van der Waals surface area contributed by atoms with E-state index < -0.39 is 21.3 Å². The summed E-state index contributed by atoms with van der Waals surface area (Å²) >= 11 is 0. The van der Waals surface area contributed by atoms with Crippen LogP contribution < -0.4 is 10.4 Å². The minimum atomic E-state index is -3.55. The number of rotatable bonds is 3. The van der Waals surface area contributed by atoms with E-state index in [1.54, 1.807) is 32.9 Å². The van der Waals surface area contributed by atoms with E-state index in [0.717, 1.165) is 5.56 Å². The van der Waals surface area contributed by atoms with E-state index in [0.29, 0.717) is 5.56 Å². The van der Waals surface area contributed by atoms with Crippen molar-refractivity contribution in [2.24, 2.45) is 0 Å². The van der Waals surface area contributed by atoms with Crippen molar-refractivity contribution in [2.75, 3.05) is 0 Å². The third-order valence-corrected chi connectivity index (χ3v) is 4.38. The molecule has 0 bridgehead atoms. The number of nitrogens with one attached hydrogen (secondary N) is 2. The van der Waals surface area contributed by atoms with Crippen LogP contribution in [0.15, 0.2) is 46.3 Å². The van der Waals surface area contributed by atoms with Crippen molar-refractivity contribution in [1.29, 1.82) is 0 Å². The van der Waals surface area contributed by atoms with Crippen LogP contribution in [0.25, 0.3) is 11.1 Å². The van der Waals surface area contributed by atoms with Crippen molar-refractivity contribution in [3.05, 3.63) is 47.1 Å². The highest BCUT2D eigenvalue weighted by molar-refractivity contribution is 7.89. The number of aromatic amines is 1. The largest absolute Gasteiger partial charge is 0.344 e. The normalized spacial score (nSPS) is 12.3. The van der Waals surface area contributed by atoms with Crippen LogP contribution in [0.4, 0.5) is 0 Å². The van der Waals surface area contributed by atoms with E-state index >= 15 is 0 Å². The van der Waals surface area contributed by atoms with Crippen molar-refractivity contribution in [2.45, 2.75) is 31.2 Å². The van der Waals surface area contributed by atoms with E-state index in [1.165, 1.54) is 24.5 Å². The quantitative estimate of drug-likeness (QED) is 0.899. The fraction of sp³-hybridized carbons (Fsp3) is 0.286. The Morgan fingerprint density at radius 1 is 1.10 bits per heavy atom. The molecule has 1 aromatic heterocycles. The molecule has 0 amide bonds. The number of benzene rings is 1. The number of nitrogens with zero attached hydrogens (tertiary/aromatic N) is 1. The Kier molecular flexibility index (Phi) is 3.97. The average Bonchev–Trinajstić information content (AvgIpc) is 2.37. The standard InChI is InChI=1S/C14H17N3O3S/c1-14(2,3)17-21(19,20)12-6-4-10(5-7-12)11-8-15-13(18)16-9-11/h4-9,17H,1-3H3,(H,15,16,18). The topological polar surface area (TPSA) is 91.9 Å². The van der Waals surface area contributed by atoms with Gasteiger partial charge in [0.25, 0.3) is 0 Å². The van der Waals surface area contributed by atoms with Gasteiger partial charge in [0, 0.05) is 23.5 Å². The molecule has 0 unspecified atom stereocenters.